The lowest BCUT2D eigenvalue weighted by molar-refractivity contribution is -0.146. The molecule has 0 bridgehead atoms. The van der Waals surface area contributed by atoms with Crippen LogP contribution in [0.5, 0.6) is 0 Å². The SMILES string of the molecule is CC(C(=O)O)[C@@H]1CC[C@H](C(C)N)O1. The molecule has 76 valence electrons. The van der Waals surface area contributed by atoms with Gasteiger partial charge in [0.05, 0.1) is 18.1 Å². The van der Waals surface area contributed by atoms with Gasteiger partial charge < -0.3 is 15.6 Å². The summed E-state index contributed by atoms with van der Waals surface area (Å²) in [5, 5.41) is 8.76. The molecule has 0 radical (unpaired) electrons. The van der Waals surface area contributed by atoms with E-state index in [0.717, 1.165) is 12.8 Å². The van der Waals surface area contributed by atoms with E-state index in [1.807, 2.05) is 6.92 Å². The summed E-state index contributed by atoms with van der Waals surface area (Å²) < 4.78 is 5.54. The van der Waals surface area contributed by atoms with Gasteiger partial charge in [0.15, 0.2) is 0 Å². The third kappa shape index (κ3) is 2.42. The first-order chi connectivity index (χ1) is 6.02. The second kappa shape index (κ2) is 4.07. The van der Waals surface area contributed by atoms with Gasteiger partial charge in [-0.3, -0.25) is 4.79 Å². The van der Waals surface area contributed by atoms with E-state index < -0.39 is 11.9 Å². The molecule has 4 nitrogen and oxygen atoms in total. The number of carboxylic acids is 1. The van der Waals surface area contributed by atoms with Crippen molar-refractivity contribution in [3.63, 3.8) is 0 Å². The Morgan fingerprint density at radius 2 is 2.00 bits per heavy atom. The van der Waals surface area contributed by atoms with Crippen molar-refractivity contribution in [3.8, 4) is 0 Å². The Morgan fingerprint density at radius 3 is 2.38 bits per heavy atom. The van der Waals surface area contributed by atoms with Gasteiger partial charge in [-0.25, -0.2) is 0 Å². The van der Waals surface area contributed by atoms with Crippen LogP contribution in [-0.2, 0) is 9.53 Å². The van der Waals surface area contributed by atoms with Crippen LogP contribution >= 0.6 is 0 Å². The van der Waals surface area contributed by atoms with Crippen molar-refractivity contribution < 1.29 is 14.6 Å². The van der Waals surface area contributed by atoms with Gasteiger partial charge in [-0.1, -0.05) is 0 Å². The first-order valence-corrected chi connectivity index (χ1v) is 4.66. The maximum atomic E-state index is 10.7. The molecule has 0 aromatic heterocycles. The minimum Gasteiger partial charge on any atom is -0.481 e. The van der Waals surface area contributed by atoms with E-state index >= 15 is 0 Å². The molecule has 0 aliphatic carbocycles. The van der Waals surface area contributed by atoms with E-state index in [1.165, 1.54) is 0 Å². The Kier molecular flexibility index (Phi) is 3.27. The molecule has 1 aliphatic rings. The van der Waals surface area contributed by atoms with Crippen LogP contribution in [0, 0.1) is 5.92 Å². The molecule has 1 saturated heterocycles. The van der Waals surface area contributed by atoms with E-state index in [9.17, 15) is 4.79 Å². The first-order valence-electron chi connectivity index (χ1n) is 4.66. The van der Waals surface area contributed by atoms with Crippen molar-refractivity contribution in [1.82, 2.24) is 0 Å². The highest BCUT2D eigenvalue weighted by molar-refractivity contribution is 5.70. The van der Waals surface area contributed by atoms with E-state index in [4.69, 9.17) is 15.6 Å². The fourth-order valence-electron chi connectivity index (χ4n) is 1.60. The van der Waals surface area contributed by atoms with Gasteiger partial charge in [0.25, 0.3) is 0 Å². The molecule has 4 atom stereocenters. The molecule has 13 heavy (non-hydrogen) atoms. The summed E-state index contributed by atoms with van der Waals surface area (Å²) in [6, 6.07) is -0.00834. The molecule has 0 aromatic carbocycles. The number of hydrogen-bond acceptors (Lipinski definition) is 3. The molecule has 0 aromatic rings. The van der Waals surface area contributed by atoms with E-state index in [-0.39, 0.29) is 18.2 Å². The zero-order chi connectivity index (χ0) is 10.0. The van der Waals surface area contributed by atoms with E-state index in [1.54, 1.807) is 6.92 Å². The molecule has 1 heterocycles. The first kappa shape index (κ1) is 10.5. The standard InChI is InChI=1S/C9H17NO3/c1-5(9(11)12)7-3-4-8(13-7)6(2)10/h5-8H,3-4,10H2,1-2H3,(H,11,12)/t5?,6?,7-,8+/m0/s1. The average Bonchev–Trinajstić information content (AvgIpc) is 2.50. The molecule has 1 rings (SSSR count). The number of nitrogens with two attached hydrogens (primary N) is 1. The van der Waals surface area contributed by atoms with Gasteiger partial charge in [-0.05, 0) is 26.7 Å². The van der Waals surface area contributed by atoms with Crippen molar-refractivity contribution in [2.24, 2.45) is 11.7 Å². The van der Waals surface area contributed by atoms with Crippen molar-refractivity contribution in [2.75, 3.05) is 0 Å². The molecule has 1 aliphatic heterocycles. The fourth-order valence-corrected chi connectivity index (χ4v) is 1.60. The molecule has 0 amide bonds. The normalized spacial score (nSPS) is 32.8. The summed E-state index contributed by atoms with van der Waals surface area (Å²) in [5.74, 6) is -1.22. The lowest BCUT2D eigenvalue weighted by atomic mass is 10.0. The summed E-state index contributed by atoms with van der Waals surface area (Å²) in [5.41, 5.74) is 5.66. The zero-order valence-corrected chi connectivity index (χ0v) is 8.06. The van der Waals surface area contributed by atoms with Gasteiger partial charge >= 0.3 is 5.97 Å². The topological polar surface area (TPSA) is 72.5 Å². The Labute approximate surface area is 78.1 Å². The Morgan fingerprint density at radius 1 is 1.46 bits per heavy atom. The summed E-state index contributed by atoms with van der Waals surface area (Å²) in [6.07, 6.45) is 1.56. The zero-order valence-electron chi connectivity index (χ0n) is 8.06. The Hall–Kier alpha value is -0.610. The van der Waals surface area contributed by atoms with Crippen molar-refractivity contribution in [3.05, 3.63) is 0 Å². The average molecular weight is 187 g/mol. The van der Waals surface area contributed by atoms with Crippen molar-refractivity contribution in [2.45, 2.75) is 44.9 Å². The third-order valence-corrected chi connectivity index (χ3v) is 2.62. The fraction of sp³-hybridized carbons (Fsp3) is 0.889. The molecular weight excluding hydrogens is 170 g/mol. The van der Waals surface area contributed by atoms with Crippen LogP contribution in [0.15, 0.2) is 0 Å². The highest BCUT2D eigenvalue weighted by Gasteiger charge is 2.34. The van der Waals surface area contributed by atoms with Crippen LogP contribution in [-0.4, -0.2) is 29.3 Å². The third-order valence-electron chi connectivity index (χ3n) is 2.62. The molecule has 2 unspecified atom stereocenters. The van der Waals surface area contributed by atoms with Crippen LogP contribution in [0.4, 0.5) is 0 Å². The minimum atomic E-state index is -0.796. The van der Waals surface area contributed by atoms with Gasteiger partial charge in [0, 0.05) is 6.04 Å². The highest BCUT2D eigenvalue weighted by atomic mass is 16.5. The molecule has 3 N–H and O–H groups in total. The predicted octanol–water partition coefficient (Wildman–Crippen LogP) is 0.602. The monoisotopic (exact) mass is 187 g/mol. The lowest BCUT2D eigenvalue weighted by Gasteiger charge is -2.18. The maximum absolute atomic E-state index is 10.7. The number of carbonyl (C=O) groups is 1. The second-order valence-corrected chi connectivity index (χ2v) is 3.78. The van der Waals surface area contributed by atoms with Crippen molar-refractivity contribution >= 4 is 5.97 Å². The number of ether oxygens (including phenoxy) is 1. The van der Waals surface area contributed by atoms with Crippen LogP contribution in [0.2, 0.25) is 0 Å². The summed E-state index contributed by atoms with van der Waals surface area (Å²) in [4.78, 5) is 10.7. The van der Waals surface area contributed by atoms with Gasteiger partial charge in [-0.2, -0.15) is 0 Å². The largest absolute Gasteiger partial charge is 0.481 e. The minimum absolute atomic E-state index is 0.00834. The lowest BCUT2D eigenvalue weighted by Crippen LogP contribution is -2.33. The molecule has 0 saturated carbocycles. The van der Waals surface area contributed by atoms with Crippen LogP contribution < -0.4 is 5.73 Å². The highest BCUT2D eigenvalue weighted by Crippen LogP contribution is 2.26. The number of aliphatic carboxylic acids is 1. The van der Waals surface area contributed by atoms with Crippen molar-refractivity contribution in [1.29, 1.82) is 0 Å². The van der Waals surface area contributed by atoms with Crippen LogP contribution in [0.25, 0.3) is 0 Å². The summed E-state index contributed by atoms with van der Waals surface area (Å²) in [7, 11) is 0. The maximum Gasteiger partial charge on any atom is 0.308 e. The molecule has 1 fully saturated rings. The number of rotatable bonds is 3. The summed E-state index contributed by atoms with van der Waals surface area (Å²) in [6.45, 7) is 3.56. The second-order valence-electron chi connectivity index (χ2n) is 3.78. The van der Waals surface area contributed by atoms with Crippen LogP contribution in [0.3, 0.4) is 0 Å². The number of carboxylic acid groups (broad SMARTS) is 1. The van der Waals surface area contributed by atoms with Gasteiger partial charge in [-0.15, -0.1) is 0 Å². The van der Waals surface area contributed by atoms with Crippen LogP contribution in [0.1, 0.15) is 26.7 Å². The Balaban J connectivity index is 2.45. The predicted molar refractivity (Wildman–Crippen MR) is 48.3 cm³/mol. The molecule has 4 heteroatoms. The van der Waals surface area contributed by atoms with E-state index in [2.05, 4.69) is 0 Å². The smallest absolute Gasteiger partial charge is 0.308 e. The van der Waals surface area contributed by atoms with E-state index in [0.29, 0.717) is 0 Å². The van der Waals surface area contributed by atoms with Gasteiger partial charge in [0.2, 0.25) is 0 Å². The Bertz CT molecular complexity index is 193. The van der Waals surface area contributed by atoms with Gasteiger partial charge in [0.1, 0.15) is 0 Å². The quantitative estimate of drug-likeness (QED) is 0.678. The molecular formula is C9H17NO3. The molecule has 0 spiro atoms. The number of hydrogen-bond donors (Lipinski definition) is 2. The summed E-state index contributed by atoms with van der Waals surface area (Å²) >= 11 is 0.